The SMILES string of the molecule is Cc1cnnc(-n2ccnc2C)c1. The third-order valence-electron chi connectivity index (χ3n) is 1.85. The molecular weight excluding hydrogens is 164 g/mol. The number of rotatable bonds is 1. The maximum atomic E-state index is 4.12. The summed E-state index contributed by atoms with van der Waals surface area (Å²) in [6.07, 6.45) is 5.36. The molecule has 0 amide bonds. The largest absolute Gasteiger partial charge is 0.287 e. The number of aromatic nitrogens is 4. The van der Waals surface area contributed by atoms with Crippen molar-refractivity contribution in [3.63, 3.8) is 0 Å². The highest BCUT2D eigenvalue weighted by atomic mass is 15.2. The second-order valence-corrected chi connectivity index (χ2v) is 2.94. The zero-order chi connectivity index (χ0) is 9.26. The van der Waals surface area contributed by atoms with Crippen molar-refractivity contribution in [2.45, 2.75) is 13.8 Å². The van der Waals surface area contributed by atoms with E-state index in [2.05, 4.69) is 15.2 Å². The van der Waals surface area contributed by atoms with Crippen molar-refractivity contribution in [2.75, 3.05) is 0 Å². The Morgan fingerprint density at radius 3 is 2.77 bits per heavy atom. The summed E-state index contributed by atoms with van der Waals surface area (Å²) in [7, 11) is 0. The number of nitrogens with zero attached hydrogens (tertiary/aromatic N) is 4. The Hall–Kier alpha value is -1.71. The summed E-state index contributed by atoms with van der Waals surface area (Å²) in [4.78, 5) is 4.12. The summed E-state index contributed by atoms with van der Waals surface area (Å²) >= 11 is 0. The van der Waals surface area contributed by atoms with Crippen molar-refractivity contribution >= 4 is 0 Å². The second kappa shape index (κ2) is 2.97. The molecule has 4 heteroatoms. The van der Waals surface area contributed by atoms with Crippen LogP contribution in [0.4, 0.5) is 0 Å². The monoisotopic (exact) mass is 174 g/mol. The first-order valence-corrected chi connectivity index (χ1v) is 4.07. The average molecular weight is 174 g/mol. The van der Waals surface area contributed by atoms with Crippen molar-refractivity contribution in [3.05, 3.63) is 36.0 Å². The zero-order valence-electron chi connectivity index (χ0n) is 7.60. The van der Waals surface area contributed by atoms with E-state index in [0.29, 0.717) is 0 Å². The van der Waals surface area contributed by atoms with Gasteiger partial charge in [0.1, 0.15) is 5.82 Å². The highest BCUT2D eigenvalue weighted by molar-refractivity contribution is 5.25. The Balaban J connectivity index is 2.53. The molecule has 0 fully saturated rings. The maximum Gasteiger partial charge on any atom is 0.160 e. The Morgan fingerprint density at radius 2 is 2.15 bits per heavy atom. The van der Waals surface area contributed by atoms with Crippen LogP contribution in [-0.2, 0) is 0 Å². The molecule has 2 aromatic heterocycles. The van der Waals surface area contributed by atoms with Gasteiger partial charge in [0.25, 0.3) is 0 Å². The first-order chi connectivity index (χ1) is 6.27. The van der Waals surface area contributed by atoms with Gasteiger partial charge in [-0.1, -0.05) is 0 Å². The minimum atomic E-state index is 0.815. The molecule has 0 saturated carbocycles. The highest BCUT2D eigenvalue weighted by Gasteiger charge is 2.01. The lowest BCUT2D eigenvalue weighted by molar-refractivity contribution is 0.874. The van der Waals surface area contributed by atoms with Gasteiger partial charge >= 0.3 is 0 Å². The minimum Gasteiger partial charge on any atom is -0.287 e. The maximum absolute atomic E-state index is 4.12. The molecule has 2 aromatic rings. The van der Waals surface area contributed by atoms with Crippen LogP contribution < -0.4 is 0 Å². The number of hydrogen-bond acceptors (Lipinski definition) is 3. The number of aryl methyl sites for hydroxylation is 2. The molecule has 0 aliphatic rings. The molecule has 66 valence electrons. The van der Waals surface area contributed by atoms with Crippen molar-refractivity contribution in [1.29, 1.82) is 0 Å². The van der Waals surface area contributed by atoms with Gasteiger partial charge in [-0.05, 0) is 25.5 Å². The second-order valence-electron chi connectivity index (χ2n) is 2.94. The van der Waals surface area contributed by atoms with E-state index < -0.39 is 0 Å². The summed E-state index contributed by atoms with van der Waals surface area (Å²) in [5.41, 5.74) is 1.10. The van der Waals surface area contributed by atoms with Gasteiger partial charge in [0.05, 0.1) is 6.20 Å². The molecule has 0 aliphatic carbocycles. The molecule has 0 atom stereocenters. The van der Waals surface area contributed by atoms with Gasteiger partial charge < -0.3 is 0 Å². The lowest BCUT2D eigenvalue weighted by Crippen LogP contribution is -2.00. The van der Waals surface area contributed by atoms with Gasteiger partial charge in [0.2, 0.25) is 0 Å². The van der Waals surface area contributed by atoms with Gasteiger partial charge in [-0.15, -0.1) is 5.10 Å². The molecule has 0 N–H and O–H groups in total. The van der Waals surface area contributed by atoms with Gasteiger partial charge in [-0.2, -0.15) is 5.10 Å². The number of imidazole rings is 1. The molecule has 4 nitrogen and oxygen atoms in total. The van der Waals surface area contributed by atoms with E-state index in [9.17, 15) is 0 Å². The van der Waals surface area contributed by atoms with Crippen LogP contribution in [0.2, 0.25) is 0 Å². The predicted octanol–water partition coefficient (Wildman–Crippen LogP) is 1.28. The highest BCUT2D eigenvalue weighted by Crippen LogP contribution is 2.06. The molecule has 2 rings (SSSR count). The predicted molar refractivity (Wildman–Crippen MR) is 48.6 cm³/mol. The number of hydrogen-bond donors (Lipinski definition) is 0. The van der Waals surface area contributed by atoms with Crippen LogP contribution in [0.5, 0.6) is 0 Å². The van der Waals surface area contributed by atoms with E-state index >= 15 is 0 Å². The summed E-state index contributed by atoms with van der Waals surface area (Å²) < 4.78 is 1.90. The normalized spacial score (nSPS) is 10.3. The van der Waals surface area contributed by atoms with E-state index in [1.165, 1.54) is 0 Å². The van der Waals surface area contributed by atoms with Crippen molar-refractivity contribution in [3.8, 4) is 5.82 Å². The van der Waals surface area contributed by atoms with E-state index in [0.717, 1.165) is 17.2 Å². The van der Waals surface area contributed by atoms with Crippen LogP contribution in [0.3, 0.4) is 0 Å². The molecule has 0 saturated heterocycles. The first-order valence-electron chi connectivity index (χ1n) is 4.07. The summed E-state index contributed by atoms with van der Waals surface area (Å²) in [6, 6.07) is 1.97. The molecular formula is C9H10N4. The van der Waals surface area contributed by atoms with Crippen molar-refractivity contribution in [1.82, 2.24) is 19.7 Å². The molecule has 0 unspecified atom stereocenters. The van der Waals surface area contributed by atoms with E-state index in [-0.39, 0.29) is 0 Å². The molecule has 13 heavy (non-hydrogen) atoms. The average Bonchev–Trinajstić information content (AvgIpc) is 2.51. The molecule has 0 spiro atoms. The molecule has 0 aliphatic heterocycles. The Bertz CT molecular complexity index is 419. The molecule has 2 heterocycles. The Kier molecular flexibility index (Phi) is 1.81. The van der Waals surface area contributed by atoms with E-state index in [1.54, 1.807) is 12.4 Å². The third-order valence-corrected chi connectivity index (χ3v) is 1.85. The first kappa shape index (κ1) is 7.91. The third kappa shape index (κ3) is 1.42. The summed E-state index contributed by atoms with van der Waals surface area (Å²) in [5, 5.41) is 7.90. The standard InChI is InChI=1S/C9H10N4/c1-7-5-9(12-11-6-7)13-4-3-10-8(13)2/h3-6H,1-2H3. The fourth-order valence-corrected chi connectivity index (χ4v) is 1.19. The molecule has 0 bridgehead atoms. The van der Waals surface area contributed by atoms with E-state index in [1.807, 2.05) is 30.7 Å². The fraction of sp³-hybridized carbons (Fsp3) is 0.222. The van der Waals surface area contributed by atoms with Crippen LogP contribution >= 0.6 is 0 Å². The van der Waals surface area contributed by atoms with Gasteiger partial charge in [0.15, 0.2) is 5.82 Å². The lowest BCUT2D eigenvalue weighted by atomic mass is 10.3. The van der Waals surface area contributed by atoms with Crippen LogP contribution in [0.1, 0.15) is 11.4 Å². The van der Waals surface area contributed by atoms with Gasteiger partial charge in [-0.25, -0.2) is 4.98 Å². The van der Waals surface area contributed by atoms with Crippen molar-refractivity contribution < 1.29 is 0 Å². The topological polar surface area (TPSA) is 43.6 Å². The zero-order valence-corrected chi connectivity index (χ0v) is 7.60. The summed E-state index contributed by atoms with van der Waals surface area (Å²) in [6.45, 7) is 3.93. The Labute approximate surface area is 76.3 Å². The minimum absolute atomic E-state index is 0.815. The quantitative estimate of drug-likeness (QED) is 0.654. The molecule has 0 radical (unpaired) electrons. The van der Waals surface area contributed by atoms with Gasteiger partial charge in [0, 0.05) is 12.4 Å². The smallest absolute Gasteiger partial charge is 0.160 e. The molecule has 0 aromatic carbocycles. The fourth-order valence-electron chi connectivity index (χ4n) is 1.19. The summed E-state index contributed by atoms with van der Waals surface area (Å²) in [5.74, 6) is 1.73. The van der Waals surface area contributed by atoms with Crippen LogP contribution in [-0.4, -0.2) is 19.7 Å². The van der Waals surface area contributed by atoms with Crippen LogP contribution in [0, 0.1) is 13.8 Å². The van der Waals surface area contributed by atoms with Crippen molar-refractivity contribution in [2.24, 2.45) is 0 Å². The van der Waals surface area contributed by atoms with Crippen LogP contribution in [0.15, 0.2) is 24.7 Å². The Morgan fingerprint density at radius 1 is 1.31 bits per heavy atom. The van der Waals surface area contributed by atoms with Gasteiger partial charge in [-0.3, -0.25) is 4.57 Å². The lowest BCUT2D eigenvalue weighted by Gasteiger charge is -2.02. The van der Waals surface area contributed by atoms with Crippen LogP contribution in [0.25, 0.3) is 5.82 Å². The van der Waals surface area contributed by atoms with E-state index in [4.69, 9.17) is 0 Å².